The summed E-state index contributed by atoms with van der Waals surface area (Å²) >= 11 is 6.26. The summed E-state index contributed by atoms with van der Waals surface area (Å²) in [7, 11) is 3.08. The van der Waals surface area contributed by atoms with Gasteiger partial charge in [-0.3, -0.25) is 14.4 Å². The molecule has 2 aromatic carbocycles. The van der Waals surface area contributed by atoms with Crippen LogP contribution in [0.2, 0.25) is 5.02 Å². The van der Waals surface area contributed by atoms with Crippen molar-refractivity contribution in [3.63, 3.8) is 0 Å². The SMILES string of the molecule is COc1ccc(/C=C(\NC(=O)c2ccccc2Cl)C(=O)N2C[C@H]3C[C@@H](C2)c2cccc(=O)n2C3)cc1OC. The Balaban J connectivity index is 1.48. The van der Waals surface area contributed by atoms with Crippen LogP contribution in [0.1, 0.15) is 34.0 Å². The number of hydrogen-bond acceptors (Lipinski definition) is 5. The molecular weight excluding hydrogens is 506 g/mol. The van der Waals surface area contributed by atoms with Crippen molar-refractivity contribution in [2.45, 2.75) is 18.9 Å². The van der Waals surface area contributed by atoms with E-state index in [0.29, 0.717) is 36.7 Å². The van der Waals surface area contributed by atoms with E-state index in [0.717, 1.165) is 12.1 Å². The molecule has 196 valence electrons. The Labute approximate surface area is 225 Å². The van der Waals surface area contributed by atoms with Gasteiger partial charge < -0.3 is 24.3 Å². The quantitative estimate of drug-likeness (QED) is 0.485. The minimum atomic E-state index is -0.482. The number of halogens is 1. The number of amides is 2. The molecule has 0 radical (unpaired) electrons. The molecule has 38 heavy (non-hydrogen) atoms. The Kier molecular flexibility index (Phi) is 7.24. The van der Waals surface area contributed by atoms with Crippen molar-refractivity contribution in [1.82, 2.24) is 14.8 Å². The first-order chi connectivity index (χ1) is 18.4. The fourth-order valence-electron chi connectivity index (χ4n) is 5.33. The van der Waals surface area contributed by atoms with Crippen molar-refractivity contribution in [3.05, 3.63) is 98.6 Å². The molecule has 2 atom stereocenters. The summed E-state index contributed by atoms with van der Waals surface area (Å²) in [6.07, 6.45) is 2.54. The van der Waals surface area contributed by atoms with Crippen LogP contribution in [0.25, 0.3) is 6.08 Å². The predicted molar refractivity (Wildman–Crippen MR) is 145 cm³/mol. The molecule has 0 spiro atoms. The Morgan fingerprint density at radius 2 is 1.76 bits per heavy atom. The van der Waals surface area contributed by atoms with E-state index in [4.69, 9.17) is 21.1 Å². The number of ether oxygens (including phenoxy) is 2. The van der Waals surface area contributed by atoms with Gasteiger partial charge >= 0.3 is 0 Å². The Morgan fingerprint density at radius 1 is 0.974 bits per heavy atom. The fraction of sp³-hybridized carbons (Fsp3) is 0.276. The van der Waals surface area contributed by atoms with Crippen LogP contribution < -0.4 is 20.3 Å². The molecule has 8 nitrogen and oxygen atoms in total. The van der Waals surface area contributed by atoms with Crippen molar-refractivity contribution in [3.8, 4) is 11.5 Å². The highest BCUT2D eigenvalue weighted by Crippen LogP contribution is 2.35. The maximum Gasteiger partial charge on any atom is 0.270 e. The molecule has 2 amide bonds. The molecule has 3 heterocycles. The number of aromatic nitrogens is 1. The van der Waals surface area contributed by atoms with Gasteiger partial charge in [-0.15, -0.1) is 0 Å². The molecule has 2 aliphatic heterocycles. The molecule has 2 bridgehead atoms. The summed E-state index contributed by atoms with van der Waals surface area (Å²) in [6.45, 7) is 1.50. The Morgan fingerprint density at radius 3 is 2.53 bits per heavy atom. The van der Waals surface area contributed by atoms with Gasteiger partial charge in [0.2, 0.25) is 0 Å². The van der Waals surface area contributed by atoms with Crippen molar-refractivity contribution >= 4 is 29.5 Å². The highest BCUT2D eigenvalue weighted by molar-refractivity contribution is 6.34. The number of pyridine rings is 1. The monoisotopic (exact) mass is 533 g/mol. The number of nitrogens with zero attached hydrogens (tertiary/aromatic N) is 2. The molecule has 0 saturated carbocycles. The molecule has 2 aliphatic rings. The number of hydrogen-bond donors (Lipinski definition) is 1. The summed E-state index contributed by atoms with van der Waals surface area (Å²) in [5.74, 6) is 0.454. The van der Waals surface area contributed by atoms with E-state index < -0.39 is 5.91 Å². The topological polar surface area (TPSA) is 89.9 Å². The summed E-state index contributed by atoms with van der Waals surface area (Å²) < 4.78 is 12.6. The second-order valence-corrected chi connectivity index (χ2v) is 9.92. The van der Waals surface area contributed by atoms with Gasteiger partial charge in [0.15, 0.2) is 11.5 Å². The molecule has 0 aliphatic carbocycles. The maximum atomic E-state index is 13.9. The van der Waals surface area contributed by atoms with Crippen molar-refractivity contribution < 1.29 is 19.1 Å². The second kappa shape index (κ2) is 10.8. The zero-order valence-corrected chi connectivity index (χ0v) is 21.9. The summed E-state index contributed by atoms with van der Waals surface area (Å²) in [5.41, 5.74) is 1.96. The number of methoxy groups -OCH3 is 2. The zero-order chi connectivity index (χ0) is 26.8. The van der Waals surface area contributed by atoms with E-state index >= 15 is 0 Å². The van der Waals surface area contributed by atoms with E-state index in [-0.39, 0.29) is 39.6 Å². The van der Waals surface area contributed by atoms with Crippen molar-refractivity contribution in [2.75, 3.05) is 27.3 Å². The summed E-state index contributed by atoms with van der Waals surface area (Å²) in [5, 5.41) is 3.09. The van der Waals surface area contributed by atoms with E-state index in [1.165, 1.54) is 7.11 Å². The molecule has 3 aromatic rings. The number of piperidine rings is 1. The molecule has 1 fully saturated rings. The largest absolute Gasteiger partial charge is 0.493 e. The average Bonchev–Trinajstić information content (AvgIpc) is 2.93. The van der Waals surface area contributed by atoms with E-state index in [1.54, 1.807) is 72.7 Å². The standard InChI is InChI=1S/C29H28ClN3O5/c1-37-25-11-10-18(14-26(25)38-2)13-23(31-28(35)21-6-3-4-7-22(21)30)29(36)32-15-19-12-20(17-32)24-8-5-9-27(34)33(24)16-19/h3-11,13-14,19-20H,12,15-17H2,1-2H3,(H,31,35)/b23-13-/t19-,20+/m1/s1. The Bertz CT molecular complexity index is 1480. The lowest BCUT2D eigenvalue weighted by atomic mass is 9.83. The highest BCUT2D eigenvalue weighted by Gasteiger charge is 2.37. The van der Waals surface area contributed by atoms with Gasteiger partial charge in [-0.1, -0.05) is 35.9 Å². The first-order valence-corrected chi connectivity index (χ1v) is 12.7. The van der Waals surface area contributed by atoms with Crippen molar-refractivity contribution in [1.29, 1.82) is 0 Å². The molecule has 9 heteroatoms. The van der Waals surface area contributed by atoms with Gasteiger partial charge in [0, 0.05) is 37.3 Å². The third kappa shape index (κ3) is 5.04. The number of benzene rings is 2. The van der Waals surface area contributed by atoms with Crippen LogP contribution in [0, 0.1) is 5.92 Å². The average molecular weight is 534 g/mol. The molecule has 1 aromatic heterocycles. The first kappa shape index (κ1) is 25.6. The number of likely N-dealkylation sites (tertiary alicyclic amines) is 1. The molecular formula is C29H28ClN3O5. The van der Waals surface area contributed by atoms with Crippen LogP contribution in [-0.2, 0) is 11.3 Å². The summed E-state index contributed by atoms with van der Waals surface area (Å²) in [6, 6.07) is 17.2. The summed E-state index contributed by atoms with van der Waals surface area (Å²) in [4.78, 5) is 41.3. The lowest BCUT2D eigenvalue weighted by molar-refractivity contribution is -0.130. The van der Waals surface area contributed by atoms with E-state index in [1.807, 2.05) is 10.6 Å². The van der Waals surface area contributed by atoms with Gasteiger partial charge in [0.05, 0.1) is 24.8 Å². The van der Waals surface area contributed by atoms with Gasteiger partial charge in [0.1, 0.15) is 5.70 Å². The molecule has 1 saturated heterocycles. The normalized spacial score (nSPS) is 18.4. The highest BCUT2D eigenvalue weighted by atomic mass is 35.5. The predicted octanol–water partition coefficient (Wildman–Crippen LogP) is 3.94. The van der Waals surface area contributed by atoms with E-state index in [9.17, 15) is 14.4 Å². The minimum absolute atomic E-state index is 0.0157. The first-order valence-electron chi connectivity index (χ1n) is 12.4. The Hall–Kier alpha value is -4.04. The third-order valence-electron chi connectivity index (χ3n) is 7.08. The van der Waals surface area contributed by atoms with Gasteiger partial charge in [-0.25, -0.2) is 0 Å². The van der Waals surface area contributed by atoms with E-state index in [2.05, 4.69) is 5.32 Å². The van der Waals surface area contributed by atoms with Crippen LogP contribution in [-0.4, -0.2) is 48.6 Å². The second-order valence-electron chi connectivity index (χ2n) is 9.51. The van der Waals surface area contributed by atoms with Crippen LogP contribution in [0.3, 0.4) is 0 Å². The number of rotatable bonds is 6. The molecule has 1 N–H and O–H groups in total. The lowest BCUT2D eigenvalue weighted by Crippen LogP contribution is -2.50. The van der Waals surface area contributed by atoms with Crippen LogP contribution in [0.15, 0.2) is 71.2 Å². The third-order valence-corrected chi connectivity index (χ3v) is 7.41. The maximum absolute atomic E-state index is 13.9. The number of fused-ring (bicyclic) bond motifs is 4. The zero-order valence-electron chi connectivity index (χ0n) is 21.1. The van der Waals surface area contributed by atoms with Gasteiger partial charge in [0.25, 0.3) is 17.4 Å². The number of nitrogens with one attached hydrogen (secondary N) is 1. The van der Waals surface area contributed by atoms with Crippen LogP contribution in [0.4, 0.5) is 0 Å². The van der Waals surface area contributed by atoms with Gasteiger partial charge in [-0.2, -0.15) is 0 Å². The van der Waals surface area contributed by atoms with Crippen LogP contribution >= 0.6 is 11.6 Å². The van der Waals surface area contributed by atoms with Crippen LogP contribution in [0.5, 0.6) is 11.5 Å². The fourth-order valence-corrected chi connectivity index (χ4v) is 5.55. The van der Waals surface area contributed by atoms with Gasteiger partial charge in [-0.05, 0) is 54.3 Å². The lowest BCUT2D eigenvalue weighted by Gasteiger charge is -2.43. The molecule has 5 rings (SSSR count). The minimum Gasteiger partial charge on any atom is -0.493 e. The van der Waals surface area contributed by atoms with Crippen molar-refractivity contribution in [2.24, 2.45) is 5.92 Å². The molecule has 0 unspecified atom stereocenters. The smallest absolute Gasteiger partial charge is 0.270 e. The number of carbonyl (C=O) groups is 2. The number of carbonyl (C=O) groups excluding carboxylic acids is 2.